The lowest BCUT2D eigenvalue weighted by Gasteiger charge is -2.36. The average Bonchev–Trinajstić information content (AvgIpc) is 3.18. The molecule has 6 heteroatoms. The first-order valence-electron chi connectivity index (χ1n) is 11.6. The Kier molecular flexibility index (Phi) is 6.18. The van der Waals surface area contributed by atoms with Gasteiger partial charge in [-0.25, -0.2) is 4.98 Å². The molecule has 0 spiro atoms. The third kappa shape index (κ3) is 4.91. The van der Waals surface area contributed by atoms with E-state index in [1.165, 1.54) is 36.9 Å². The quantitative estimate of drug-likeness (QED) is 0.776. The molecule has 6 nitrogen and oxygen atoms in total. The van der Waals surface area contributed by atoms with Gasteiger partial charge in [0, 0.05) is 44.4 Å². The number of amides is 1. The summed E-state index contributed by atoms with van der Waals surface area (Å²) in [5, 5.41) is 3.03. The highest BCUT2D eigenvalue weighted by Gasteiger charge is 2.26. The van der Waals surface area contributed by atoms with Crippen molar-refractivity contribution in [2.45, 2.75) is 57.2 Å². The summed E-state index contributed by atoms with van der Waals surface area (Å²) in [5.41, 5.74) is 4.59. The first kappa shape index (κ1) is 20.5. The van der Waals surface area contributed by atoms with Crippen molar-refractivity contribution in [1.29, 1.82) is 0 Å². The molecular formula is C25H31N3O3. The lowest BCUT2D eigenvalue weighted by Crippen LogP contribution is -2.41. The second kappa shape index (κ2) is 9.37. The Bertz CT molecular complexity index is 905. The van der Waals surface area contributed by atoms with Crippen LogP contribution in [0.5, 0.6) is 5.88 Å². The van der Waals surface area contributed by atoms with Crippen molar-refractivity contribution in [2.24, 2.45) is 0 Å². The Morgan fingerprint density at radius 2 is 2.00 bits per heavy atom. The van der Waals surface area contributed by atoms with Crippen molar-refractivity contribution in [2.75, 3.05) is 26.3 Å². The Labute approximate surface area is 183 Å². The highest BCUT2D eigenvalue weighted by Crippen LogP contribution is 2.27. The van der Waals surface area contributed by atoms with Crippen LogP contribution in [0.2, 0.25) is 0 Å². The molecule has 1 aromatic carbocycles. The number of carbonyl (C=O) groups is 1. The lowest BCUT2D eigenvalue weighted by molar-refractivity contribution is 0.0950. The van der Waals surface area contributed by atoms with Crippen LogP contribution in [0.1, 0.15) is 52.7 Å². The summed E-state index contributed by atoms with van der Waals surface area (Å²) in [4.78, 5) is 19.5. The number of rotatable bonds is 6. The lowest BCUT2D eigenvalue weighted by atomic mass is 9.91. The van der Waals surface area contributed by atoms with Crippen LogP contribution >= 0.6 is 0 Å². The highest BCUT2D eigenvalue weighted by molar-refractivity contribution is 5.93. The highest BCUT2D eigenvalue weighted by atomic mass is 16.5. The number of pyridine rings is 1. The van der Waals surface area contributed by atoms with Gasteiger partial charge in [-0.2, -0.15) is 0 Å². The predicted molar refractivity (Wildman–Crippen MR) is 118 cm³/mol. The van der Waals surface area contributed by atoms with E-state index < -0.39 is 0 Å². The summed E-state index contributed by atoms with van der Waals surface area (Å²) in [7, 11) is 0. The molecule has 2 aromatic rings. The molecule has 2 aliphatic heterocycles. The molecule has 1 atom stereocenters. The Hall–Kier alpha value is -2.44. The molecule has 2 fully saturated rings. The van der Waals surface area contributed by atoms with Gasteiger partial charge in [-0.05, 0) is 48.4 Å². The predicted octanol–water partition coefficient (Wildman–Crippen LogP) is 3.13. The number of nitrogens with zero attached hydrogens (tertiary/aromatic N) is 2. The molecule has 3 heterocycles. The standard InChI is InChI=1S/C25H31N3O3/c29-25(21-6-7-24(26-16-21)31-23-10-13-30-17-23)27-15-18-4-5-19-8-11-28(22-2-1-3-22)12-9-20(19)14-18/h4-7,14,16,22-23H,1-3,8-13,15,17H2,(H,27,29). The van der Waals surface area contributed by atoms with Crippen molar-refractivity contribution < 1.29 is 14.3 Å². The van der Waals surface area contributed by atoms with Crippen LogP contribution in [-0.2, 0) is 24.1 Å². The van der Waals surface area contributed by atoms with Gasteiger partial charge >= 0.3 is 0 Å². The van der Waals surface area contributed by atoms with Crippen molar-refractivity contribution in [3.05, 3.63) is 58.8 Å². The number of carbonyl (C=O) groups excluding carboxylic acids is 1. The minimum absolute atomic E-state index is 0.0567. The molecule has 3 aliphatic rings. The van der Waals surface area contributed by atoms with Crippen LogP contribution < -0.4 is 10.1 Å². The monoisotopic (exact) mass is 421 g/mol. The molecule has 1 saturated heterocycles. The molecular weight excluding hydrogens is 390 g/mol. The molecule has 1 amide bonds. The Balaban J connectivity index is 1.15. The third-order valence-electron chi connectivity index (χ3n) is 6.83. The van der Waals surface area contributed by atoms with E-state index in [9.17, 15) is 4.79 Å². The minimum Gasteiger partial charge on any atom is -0.472 e. The zero-order chi connectivity index (χ0) is 21.0. The number of hydrogen-bond donors (Lipinski definition) is 1. The molecule has 5 rings (SSSR count). The molecule has 0 bridgehead atoms. The van der Waals surface area contributed by atoms with E-state index in [0.717, 1.165) is 44.0 Å². The fourth-order valence-electron chi connectivity index (χ4n) is 4.67. The van der Waals surface area contributed by atoms with Gasteiger partial charge in [0.15, 0.2) is 0 Å². The maximum Gasteiger partial charge on any atom is 0.253 e. The van der Waals surface area contributed by atoms with Gasteiger partial charge < -0.3 is 14.8 Å². The fourth-order valence-corrected chi connectivity index (χ4v) is 4.67. The van der Waals surface area contributed by atoms with Gasteiger partial charge in [-0.3, -0.25) is 9.69 Å². The minimum atomic E-state index is -0.116. The van der Waals surface area contributed by atoms with Crippen LogP contribution in [0.4, 0.5) is 0 Å². The van der Waals surface area contributed by atoms with E-state index in [-0.39, 0.29) is 12.0 Å². The van der Waals surface area contributed by atoms with Gasteiger partial charge in [0.1, 0.15) is 6.10 Å². The number of ether oxygens (including phenoxy) is 2. The molecule has 1 aliphatic carbocycles. The van der Waals surface area contributed by atoms with Crippen LogP contribution in [-0.4, -0.2) is 54.2 Å². The summed E-state index contributed by atoms with van der Waals surface area (Å²) in [5.74, 6) is 0.420. The largest absolute Gasteiger partial charge is 0.472 e. The fraction of sp³-hybridized carbons (Fsp3) is 0.520. The number of benzene rings is 1. The summed E-state index contributed by atoms with van der Waals surface area (Å²) in [6.45, 7) is 4.18. The van der Waals surface area contributed by atoms with Gasteiger partial charge in [-0.1, -0.05) is 24.6 Å². The Morgan fingerprint density at radius 3 is 2.71 bits per heavy atom. The van der Waals surface area contributed by atoms with E-state index in [2.05, 4.69) is 33.4 Å². The summed E-state index contributed by atoms with van der Waals surface area (Å²) < 4.78 is 11.1. The normalized spacial score (nSPS) is 21.7. The zero-order valence-electron chi connectivity index (χ0n) is 18.0. The number of fused-ring (bicyclic) bond motifs is 1. The first-order valence-corrected chi connectivity index (χ1v) is 11.6. The van der Waals surface area contributed by atoms with Crippen LogP contribution in [0.15, 0.2) is 36.5 Å². The summed E-state index contributed by atoms with van der Waals surface area (Å²) in [6.07, 6.45) is 8.86. The van der Waals surface area contributed by atoms with Crippen molar-refractivity contribution in [3.8, 4) is 5.88 Å². The summed E-state index contributed by atoms with van der Waals surface area (Å²) in [6, 6.07) is 11.0. The SMILES string of the molecule is O=C(NCc1ccc2c(c1)CCN(C1CCC1)CC2)c1ccc(OC2CCOC2)nc1. The molecule has 164 valence electrons. The van der Waals surface area contributed by atoms with Gasteiger partial charge in [-0.15, -0.1) is 0 Å². The maximum absolute atomic E-state index is 12.6. The van der Waals surface area contributed by atoms with Gasteiger partial charge in [0.05, 0.1) is 18.8 Å². The molecule has 1 saturated carbocycles. The second-order valence-electron chi connectivity index (χ2n) is 8.89. The third-order valence-corrected chi connectivity index (χ3v) is 6.83. The molecule has 1 N–H and O–H groups in total. The van der Waals surface area contributed by atoms with Crippen molar-refractivity contribution >= 4 is 5.91 Å². The molecule has 1 unspecified atom stereocenters. The molecule has 31 heavy (non-hydrogen) atoms. The zero-order valence-corrected chi connectivity index (χ0v) is 18.0. The molecule has 1 aromatic heterocycles. The van der Waals surface area contributed by atoms with E-state index in [1.54, 1.807) is 18.3 Å². The first-order chi connectivity index (χ1) is 15.2. The van der Waals surface area contributed by atoms with Crippen molar-refractivity contribution in [3.63, 3.8) is 0 Å². The van der Waals surface area contributed by atoms with Gasteiger partial charge in [0.25, 0.3) is 5.91 Å². The average molecular weight is 422 g/mol. The van der Waals surface area contributed by atoms with E-state index >= 15 is 0 Å². The number of nitrogens with one attached hydrogen (secondary N) is 1. The number of aromatic nitrogens is 1. The van der Waals surface area contributed by atoms with Crippen LogP contribution in [0.3, 0.4) is 0 Å². The van der Waals surface area contributed by atoms with E-state index in [0.29, 0.717) is 24.6 Å². The van der Waals surface area contributed by atoms with E-state index in [4.69, 9.17) is 9.47 Å². The smallest absolute Gasteiger partial charge is 0.253 e. The topological polar surface area (TPSA) is 63.7 Å². The summed E-state index contributed by atoms with van der Waals surface area (Å²) >= 11 is 0. The Morgan fingerprint density at radius 1 is 1.13 bits per heavy atom. The van der Waals surface area contributed by atoms with Crippen LogP contribution in [0.25, 0.3) is 0 Å². The van der Waals surface area contributed by atoms with Crippen molar-refractivity contribution in [1.82, 2.24) is 15.2 Å². The number of hydrogen-bond acceptors (Lipinski definition) is 5. The van der Waals surface area contributed by atoms with E-state index in [1.807, 2.05) is 0 Å². The maximum atomic E-state index is 12.6. The second-order valence-corrected chi connectivity index (χ2v) is 8.89. The van der Waals surface area contributed by atoms with Crippen LogP contribution in [0, 0.1) is 0 Å². The molecule has 0 radical (unpaired) electrons. The van der Waals surface area contributed by atoms with Gasteiger partial charge in [0.2, 0.25) is 5.88 Å².